The molecule has 4 nitrogen and oxygen atoms in total. The van der Waals surface area contributed by atoms with Gasteiger partial charge in [-0.15, -0.1) is 0 Å². The fourth-order valence-electron chi connectivity index (χ4n) is 7.55. The van der Waals surface area contributed by atoms with Gasteiger partial charge in [0.15, 0.2) is 0 Å². The Kier molecular flexibility index (Phi) is 8.04. The minimum atomic E-state index is 1.05. The topological polar surface area (TPSA) is 24.3 Å². The third-order valence-corrected chi connectivity index (χ3v) is 11.2. The second-order valence-electron chi connectivity index (χ2n) is 13.3. The van der Waals surface area contributed by atoms with E-state index in [2.05, 4.69) is 213 Å². The number of hydrogen-bond donors (Lipinski definition) is 0. The zero-order valence-electron chi connectivity index (χ0n) is 29.3. The summed E-state index contributed by atoms with van der Waals surface area (Å²) < 4.78 is 2.44. The van der Waals surface area contributed by atoms with E-state index < -0.39 is 0 Å². The molecular weight excluding hydrogens is 677 g/mol. The lowest BCUT2D eigenvalue weighted by atomic mass is 10.0. The molecule has 0 fully saturated rings. The van der Waals surface area contributed by atoms with Gasteiger partial charge in [0.1, 0.15) is 5.82 Å². The number of benzene rings is 7. The summed E-state index contributed by atoms with van der Waals surface area (Å²) in [6, 6.07) is 69.4. The van der Waals surface area contributed by atoms with Crippen LogP contribution >= 0.6 is 11.8 Å². The lowest BCUT2D eigenvalue weighted by Crippen LogP contribution is -2.17. The Morgan fingerprint density at radius 2 is 1.04 bits per heavy atom. The molecule has 0 atom stereocenters. The van der Waals surface area contributed by atoms with Gasteiger partial charge in [0.25, 0.3) is 0 Å². The van der Waals surface area contributed by atoms with Crippen LogP contribution in [0.25, 0.3) is 38.8 Å². The first-order valence-electron chi connectivity index (χ1n) is 18.1. The maximum atomic E-state index is 4.33. The first kappa shape index (κ1) is 31.9. The zero-order chi connectivity index (χ0) is 35.8. The van der Waals surface area contributed by atoms with Crippen molar-refractivity contribution in [3.8, 4) is 27.9 Å². The summed E-state index contributed by atoms with van der Waals surface area (Å²) in [5, 5.41) is 1.23. The molecule has 0 amide bonds. The van der Waals surface area contributed by atoms with Gasteiger partial charge < -0.3 is 4.90 Å². The van der Waals surface area contributed by atoms with Crippen LogP contribution in [0.5, 0.6) is 0 Å². The molecule has 5 heteroatoms. The van der Waals surface area contributed by atoms with E-state index in [-0.39, 0.29) is 0 Å². The number of hydrogen-bond acceptors (Lipinski definition) is 4. The largest absolute Gasteiger partial charge is 0.310 e. The van der Waals surface area contributed by atoms with Gasteiger partial charge >= 0.3 is 0 Å². The van der Waals surface area contributed by atoms with Crippen molar-refractivity contribution in [1.82, 2.24) is 9.55 Å². The van der Waals surface area contributed by atoms with Crippen LogP contribution in [-0.4, -0.2) is 9.55 Å². The van der Waals surface area contributed by atoms with Gasteiger partial charge in [-0.3, -0.25) is 14.5 Å². The molecule has 54 heavy (non-hydrogen) atoms. The Balaban J connectivity index is 1.13. The fraction of sp³-hybridized carbons (Fsp3) is 0. The molecule has 1 aliphatic rings. The molecule has 0 radical (unpaired) electrons. The van der Waals surface area contributed by atoms with E-state index in [1.807, 2.05) is 24.2 Å². The monoisotopic (exact) mass is 710 g/mol. The SMILES string of the molecule is c1ccc(-c2ccc(N(c3ccncc3)c3cccc(-c4ccc5c6c(n(-c7ccccc7)c5c4)N(c4ccccc4)c4ccccc4S6)c3)cc2)cc1. The zero-order valence-corrected chi connectivity index (χ0v) is 30.1. The first-order valence-corrected chi connectivity index (χ1v) is 18.9. The maximum Gasteiger partial charge on any atom is 0.137 e. The molecule has 0 aliphatic carbocycles. The number of nitrogens with zero attached hydrogens (tertiary/aromatic N) is 4. The molecule has 3 heterocycles. The van der Waals surface area contributed by atoms with Gasteiger partial charge in [-0.1, -0.05) is 127 Å². The van der Waals surface area contributed by atoms with Gasteiger partial charge in [0.2, 0.25) is 0 Å². The molecule has 0 saturated heterocycles. The lowest BCUT2D eigenvalue weighted by Gasteiger charge is -2.32. The number of rotatable bonds is 7. The predicted octanol–water partition coefficient (Wildman–Crippen LogP) is 13.8. The van der Waals surface area contributed by atoms with Gasteiger partial charge in [-0.25, -0.2) is 0 Å². The highest BCUT2D eigenvalue weighted by Crippen LogP contribution is 2.56. The van der Waals surface area contributed by atoms with Crippen LogP contribution in [0, 0.1) is 0 Å². The van der Waals surface area contributed by atoms with Crippen LogP contribution in [0.15, 0.2) is 216 Å². The third-order valence-electron chi connectivity index (χ3n) is 10.0. The average Bonchev–Trinajstić information content (AvgIpc) is 3.57. The minimum Gasteiger partial charge on any atom is -0.310 e. The van der Waals surface area contributed by atoms with E-state index in [0.717, 1.165) is 50.9 Å². The molecule has 7 aromatic carbocycles. The van der Waals surface area contributed by atoms with Crippen molar-refractivity contribution in [3.63, 3.8) is 0 Å². The van der Waals surface area contributed by atoms with Crippen molar-refractivity contribution in [2.24, 2.45) is 0 Å². The van der Waals surface area contributed by atoms with Gasteiger partial charge in [-0.2, -0.15) is 0 Å². The second-order valence-corrected chi connectivity index (χ2v) is 14.4. The van der Waals surface area contributed by atoms with E-state index in [1.54, 1.807) is 0 Å². The molecule has 0 bridgehead atoms. The summed E-state index contributed by atoms with van der Waals surface area (Å²) in [5.41, 5.74) is 12.5. The Morgan fingerprint density at radius 1 is 0.444 bits per heavy atom. The standard InChI is InChI=1S/C49H34N4S/c1-4-13-35(14-5-1)36-23-26-41(27-24-36)51(42-29-31-50-32-30-42)43-20-12-15-37(33-43)38-25-28-44-46(34-38)53(40-18-8-3-9-19-40)49-48(44)54-47-22-11-10-21-45(47)52(49)39-16-6-2-7-17-39/h1-34H. The average molecular weight is 711 g/mol. The van der Waals surface area contributed by atoms with Crippen LogP contribution in [0.2, 0.25) is 0 Å². The highest BCUT2D eigenvalue weighted by Gasteiger charge is 2.32. The molecule has 0 saturated carbocycles. The van der Waals surface area contributed by atoms with Crippen molar-refractivity contribution < 1.29 is 0 Å². The maximum absolute atomic E-state index is 4.33. The highest BCUT2D eigenvalue weighted by atomic mass is 32.2. The van der Waals surface area contributed by atoms with E-state index >= 15 is 0 Å². The molecule has 256 valence electrons. The predicted molar refractivity (Wildman–Crippen MR) is 225 cm³/mol. The summed E-state index contributed by atoms with van der Waals surface area (Å²) in [4.78, 5) is 11.5. The Hall–Kier alpha value is -6.82. The second kappa shape index (κ2) is 13.6. The van der Waals surface area contributed by atoms with Crippen molar-refractivity contribution in [1.29, 1.82) is 0 Å². The molecule has 1 aliphatic heterocycles. The van der Waals surface area contributed by atoms with E-state index in [0.29, 0.717) is 0 Å². The smallest absolute Gasteiger partial charge is 0.137 e. The van der Waals surface area contributed by atoms with Crippen molar-refractivity contribution in [2.45, 2.75) is 9.79 Å². The molecule has 2 aromatic heterocycles. The Labute approximate surface area is 319 Å². The lowest BCUT2D eigenvalue weighted by molar-refractivity contribution is 1.03. The van der Waals surface area contributed by atoms with Crippen LogP contribution in [0.1, 0.15) is 0 Å². The van der Waals surface area contributed by atoms with Gasteiger partial charge in [0, 0.05) is 51.1 Å². The summed E-state index contributed by atoms with van der Waals surface area (Å²) >= 11 is 1.85. The number of pyridine rings is 1. The summed E-state index contributed by atoms with van der Waals surface area (Å²) in [7, 11) is 0. The summed E-state index contributed by atoms with van der Waals surface area (Å²) in [5.74, 6) is 1.15. The normalized spacial score (nSPS) is 12.0. The molecule has 0 spiro atoms. The molecule has 0 unspecified atom stereocenters. The Bertz CT molecular complexity index is 2730. The quantitative estimate of drug-likeness (QED) is 0.164. The number of aromatic nitrogens is 2. The Morgan fingerprint density at radius 3 is 1.80 bits per heavy atom. The van der Waals surface area contributed by atoms with Crippen molar-refractivity contribution in [3.05, 3.63) is 207 Å². The van der Waals surface area contributed by atoms with E-state index in [4.69, 9.17) is 0 Å². The first-order chi connectivity index (χ1) is 26.8. The summed E-state index contributed by atoms with van der Waals surface area (Å²) in [6.07, 6.45) is 3.71. The number of para-hydroxylation sites is 3. The fourth-order valence-corrected chi connectivity index (χ4v) is 8.74. The minimum absolute atomic E-state index is 1.05. The van der Waals surface area contributed by atoms with E-state index in [1.165, 1.54) is 32.0 Å². The van der Waals surface area contributed by atoms with Gasteiger partial charge in [0.05, 0.1) is 16.1 Å². The number of anilines is 6. The molecule has 9 aromatic rings. The van der Waals surface area contributed by atoms with Gasteiger partial charge in [-0.05, 0) is 101 Å². The van der Waals surface area contributed by atoms with Crippen molar-refractivity contribution in [2.75, 3.05) is 9.80 Å². The summed E-state index contributed by atoms with van der Waals surface area (Å²) in [6.45, 7) is 0. The molecule has 10 rings (SSSR count). The molecular formula is C49H34N4S. The van der Waals surface area contributed by atoms with Crippen LogP contribution in [0.3, 0.4) is 0 Å². The number of fused-ring (bicyclic) bond motifs is 4. The van der Waals surface area contributed by atoms with E-state index in [9.17, 15) is 0 Å². The highest BCUT2D eigenvalue weighted by molar-refractivity contribution is 8.00. The van der Waals surface area contributed by atoms with Crippen molar-refractivity contribution >= 4 is 56.9 Å². The van der Waals surface area contributed by atoms with Crippen LogP contribution in [0.4, 0.5) is 34.3 Å². The van der Waals surface area contributed by atoms with Crippen LogP contribution < -0.4 is 9.80 Å². The third kappa shape index (κ3) is 5.63. The van der Waals surface area contributed by atoms with Crippen LogP contribution in [-0.2, 0) is 0 Å². The molecule has 0 N–H and O–H groups in total.